The monoisotopic (exact) mass is 397 g/mol. The van der Waals surface area contributed by atoms with Crippen LogP contribution in [0.2, 0.25) is 0 Å². The van der Waals surface area contributed by atoms with E-state index in [-0.39, 0.29) is 5.75 Å². The quantitative estimate of drug-likeness (QED) is 0.646. The summed E-state index contributed by atoms with van der Waals surface area (Å²) in [5, 5.41) is 0.927. The molecule has 6 nitrogen and oxygen atoms in total. The van der Waals surface area contributed by atoms with Crippen LogP contribution >= 0.6 is 0 Å². The van der Waals surface area contributed by atoms with E-state index in [2.05, 4.69) is 16.6 Å². The lowest BCUT2D eigenvalue weighted by atomic mass is 10.2. The summed E-state index contributed by atoms with van der Waals surface area (Å²) in [6, 6.07) is 12.7. The number of fused-ring (bicyclic) bond motifs is 1. The number of nitrogens with two attached hydrogens (primary N) is 1. The van der Waals surface area contributed by atoms with E-state index >= 15 is 0 Å². The second kappa shape index (κ2) is 7.87. The van der Waals surface area contributed by atoms with Crippen molar-refractivity contribution in [2.24, 2.45) is 0 Å². The van der Waals surface area contributed by atoms with Gasteiger partial charge in [0.05, 0.1) is 24.1 Å². The summed E-state index contributed by atoms with van der Waals surface area (Å²) >= 11 is 0. The highest BCUT2D eigenvalue weighted by molar-refractivity contribution is 7.92. The topological polar surface area (TPSA) is 86.4 Å². The number of aromatic nitrogens is 1. The van der Waals surface area contributed by atoms with Crippen LogP contribution in [0.25, 0.3) is 10.9 Å². The molecule has 7 heteroatoms. The molecular formula is C21H23N3O3S. The molecule has 3 N–H and O–H groups in total. The van der Waals surface area contributed by atoms with Crippen LogP contribution in [0.5, 0.6) is 5.75 Å². The minimum Gasteiger partial charge on any atom is -0.497 e. The molecule has 1 aromatic heterocycles. The van der Waals surface area contributed by atoms with Gasteiger partial charge in [-0.1, -0.05) is 12.0 Å². The predicted octanol–water partition coefficient (Wildman–Crippen LogP) is 3.41. The number of nitrogens with zero attached hydrogens (tertiary/aromatic N) is 1. The molecule has 2 aromatic carbocycles. The lowest BCUT2D eigenvalue weighted by Gasteiger charge is -2.06. The van der Waals surface area contributed by atoms with Crippen molar-refractivity contribution >= 4 is 32.3 Å². The smallest absolute Gasteiger partial charge is 0.232 e. The summed E-state index contributed by atoms with van der Waals surface area (Å²) in [6.45, 7) is 4.33. The first-order valence-electron chi connectivity index (χ1n) is 8.96. The van der Waals surface area contributed by atoms with Crippen molar-refractivity contribution in [2.45, 2.75) is 20.4 Å². The fourth-order valence-electron chi connectivity index (χ4n) is 2.99. The number of hydrogen-bond donors (Lipinski definition) is 2. The second-order valence-corrected chi connectivity index (χ2v) is 8.24. The Hall–Kier alpha value is -3.11. The van der Waals surface area contributed by atoms with E-state index in [9.17, 15) is 8.42 Å². The van der Waals surface area contributed by atoms with Gasteiger partial charge in [0.25, 0.3) is 0 Å². The van der Waals surface area contributed by atoms with Crippen LogP contribution in [-0.2, 0) is 16.6 Å². The van der Waals surface area contributed by atoms with Gasteiger partial charge in [0, 0.05) is 29.2 Å². The van der Waals surface area contributed by atoms with Crippen molar-refractivity contribution in [2.75, 3.05) is 23.3 Å². The Morgan fingerprint density at radius 1 is 1.14 bits per heavy atom. The Kier molecular flexibility index (Phi) is 5.52. The summed E-state index contributed by atoms with van der Waals surface area (Å²) in [4.78, 5) is 0. The van der Waals surface area contributed by atoms with Crippen molar-refractivity contribution in [1.82, 2.24) is 4.57 Å². The Morgan fingerprint density at radius 3 is 2.61 bits per heavy atom. The second-order valence-electron chi connectivity index (χ2n) is 6.23. The number of benzene rings is 2. The lowest BCUT2D eigenvalue weighted by Crippen LogP contribution is -2.14. The number of hydrogen-bond acceptors (Lipinski definition) is 4. The zero-order valence-electron chi connectivity index (χ0n) is 16.1. The standard InChI is InChI=1S/C21H23N3O3S/c1-4-24-19(21(22)18-11-10-17(27-3)14-20(18)24)12-9-15-7-6-8-16(13-15)23-28(25,26)5-2/h6-8,10-11,13-14,23H,4-5,22H2,1-3H3. The van der Waals surface area contributed by atoms with E-state index < -0.39 is 10.0 Å². The molecule has 0 aliphatic heterocycles. The maximum atomic E-state index is 11.8. The third-order valence-electron chi connectivity index (χ3n) is 4.47. The van der Waals surface area contributed by atoms with Gasteiger partial charge >= 0.3 is 0 Å². The third-order valence-corrected chi connectivity index (χ3v) is 5.78. The SMILES string of the molecule is CCn1c(C#Cc2cccc(NS(=O)(=O)CC)c2)c(N)c2ccc(OC)cc21. The first-order chi connectivity index (χ1) is 13.4. The zero-order valence-corrected chi connectivity index (χ0v) is 16.9. The molecule has 0 unspecified atom stereocenters. The Labute approximate surface area is 165 Å². The molecule has 0 aliphatic rings. The molecule has 0 spiro atoms. The third kappa shape index (κ3) is 3.92. The number of nitrogen functional groups attached to an aromatic ring is 1. The van der Waals surface area contributed by atoms with E-state index in [4.69, 9.17) is 10.5 Å². The molecule has 28 heavy (non-hydrogen) atoms. The zero-order chi connectivity index (χ0) is 20.3. The van der Waals surface area contributed by atoms with Gasteiger partial charge in [0.15, 0.2) is 0 Å². The van der Waals surface area contributed by atoms with Gasteiger partial charge in [-0.2, -0.15) is 0 Å². The van der Waals surface area contributed by atoms with Crippen LogP contribution in [-0.4, -0.2) is 25.8 Å². The van der Waals surface area contributed by atoms with Crippen LogP contribution in [0.15, 0.2) is 42.5 Å². The molecule has 3 rings (SSSR count). The Bertz CT molecular complexity index is 1180. The molecule has 0 saturated heterocycles. The molecule has 0 amide bonds. The summed E-state index contributed by atoms with van der Waals surface area (Å²) in [5.41, 5.74) is 9.84. The molecule has 0 aliphatic carbocycles. The van der Waals surface area contributed by atoms with Gasteiger partial charge in [0.2, 0.25) is 10.0 Å². The Balaban J connectivity index is 2.03. The summed E-state index contributed by atoms with van der Waals surface area (Å²) < 4.78 is 33.4. The number of anilines is 2. The summed E-state index contributed by atoms with van der Waals surface area (Å²) in [5.74, 6) is 7.02. The molecule has 0 radical (unpaired) electrons. The van der Waals surface area contributed by atoms with Crippen LogP contribution in [0.4, 0.5) is 11.4 Å². The van der Waals surface area contributed by atoms with Crippen molar-refractivity contribution in [3.8, 4) is 17.6 Å². The molecule has 0 bridgehead atoms. The molecule has 0 fully saturated rings. The average Bonchev–Trinajstić information content (AvgIpc) is 2.96. The highest BCUT2D eigenvalue weighted by Crippen LogP contribution is 2.31. The van der Waals surface area contributed by atoms with Gasteiger partial charge in [-0.15, -0.1) is 0 Å². The highest BCUT2D eigenvalue weighted by Gasteiger charge is 2.13. The van der Waals surface area contributed by atoms with Crippen molar-refractivity contribution < 1.29 is 13.2 Å². The van der Waals surface area contributed by atoms with Crippen molar-refractivity contribution in [3.63, 3.8) is 0 Å². The average molecular weight is 398 g/mol. The van der Waals surface area contributed by atoms with Crippen LogP contribution in [0.1, 0.15) is 25.1 Å². The lowest BCUT2D eigenvalue weighted by molar-refractivity contribution is 0.415. The Morgan fingerprint density at radius 2 is 1.93 bits per heavy atom. The van der Waals surface area contributed by atoms with Crippen LogP contribution in [0, 0.1) is 11.8 Å². The maximum absolute atomic E-state index is 11.8. The van der Waals surface area contributed by atoms with E-state index in [0.29, 0.717) is 23.5 Å². The molecule has 146 valence electrons. The normalized spacial score (nSPS) is 11.1. The number of nitrogens with one attached hydrogen (secondary N) is 1. The molecule has 0 saturated carbocycles. The highest BCUT2D eigenvalue weighted by atomic mass is 32.2. The van der Waals surface area contributed by atoms with E-state index in [0.717, 1.165) is 22.3 Å². The largest absolute Gasteiger partial charge is 0.497 e. The van der Waals surface area contributed by atoms with Gasteiger partial charge in [-0.05, 0) is 50.1 Å². The number of sulfonamides is 1. The fraction of sp³-hybridized carbons (Fsp3) is 0.238. The molecule has 0 atom stereocenters. The molecule has 3 aromatic rings. The number of rotatable bonds is 5. The first kappa shape index (κ1) is 19.6. The van der Waals surface area contributed by atoms with E-state index in [1.165, 1.54) is 0 Å². The number of ether oxygens (including phenoxy) is 1. The first-order valence-corrected chi connectivity index (χ1v) is 10.6. The fourth-order valence-corrected chi connectivity index (χ4v) is 3.62. The van der Waals surface area contributed by atoms with Crippen LogP contribution < -0.4 is 15.2 Å². The van der Waals surface area contributed by atoms with Gasteiger partial charge in [0.1, 0.15) is 11.4 Å². The maximum Gasteiger partial charge on any atom is 0.232 e. The van der Waals surface area contributed by atoms with Gasteiger partial charge in [-0.25, -0.2) is 8.42 Å². The van der Waals surface area contributed by atoms with E-state index in [1.54, 1.807) is 32.2 Å². The van der Waals surface area contributed by atoms with Gasteiger partial charge < -0.3 is 15.0 Å². The van der Waals surface area contributed by atoms with Crippen LogP contribution in [0.3, 0.4) is 0 Å². The predicted molar refractivity (Wildman–Crippen MR) is 114 cm³/mol. The van der Waals surface area contributed by atoms with Gasteiger partial charge in [-0.3, -0.25) is 4.72 Å². The minimum atomic E-state index is -3.33. The molecule has 1 heterocycles. The van der Waals surface area contributed by atoms with Crippen molar-refractivity contribution in [1.29, 1.82) is 0 Å². The minimum absolute atomic E-state index is 0.0134. The van der Waals surface area contributed by atoms with E-state index in [1.807, 2.05) is 35.8 Å². The molecular weight excluding hydrogens is 374 g/mol. The summed E-state index contributed by atoms with van der Waals surface area (Å²) in [7, 11) is -1.70. The number of aryl methyl sites for hydroxylation is 1. The summed E-state index contributed by atoms with van der Waals surface area (Å²) in [6.07, 6.45) is 0. The van der Waals surface area contributed by atoms with Crippen molar-refractivity contribution in [3.05, 3.63) is 53.7 Å². The number of methoxy groups -OCH3 is 1.